The molecule has 3 aromatic rings. The summed E-state index contributed by atoms with van der Waals surface area (Å²) in [5, 5.41) is 7.54. The second kappa shape index (κ2) is 9.40. The smallest absolute Gasteiger partial charge is 0.261 e. The number of imide groups is 1. The Balaban J connectivity index is 1.46. The van der Waals surface area contributed by atoms with Crippen LogP contribution < -0.4 is 15.5 Å². The normalized spacial score (nSPS) is 12.7. The van der Waals surface area contributed by atoms with Gasteiger partial charge in [-0.05, 0) is 60.2 Å². The van der Waals surface area contributed by atoms with Gasteiger partial charge in [0.05, 0.1) is 31.0 Å². The standard InChI is InChI=1S/C24H20N4O3S/c1-31-21-12-11-16(14-25-27-24(32)26-18-7-3-2-4-8-18)13-17(21)15-28-22(29)19-9-5-6-10-20(19)23(28)30/h2-14H,15H2,1H3,(H2,26,27,32)/b25-14+. The van der Waals surface area contributed by atoms with Crippen LogP contribution in [0.4, 0.5) is 5.69 Å². The summed E-state index contributed by atoms with van der Waals surface area (Å²) in [7, 11) is 1.55. The number of para-hydroxylation sites is 1. The molecule has 7 nitrogen and oxygen atoms in total. The first-order valence-electron chi connectivity index (χ1n) is 9.84. The molecule has 0 aromatic heterocycles. The molecule has 0 fully saturated rings. The molecule has 8 heteroatoms. The Kier molecular flexibility index (Phi) is 6.23. The Hall–Kier alpha value is -4.04. The van der Waals surface area contributed by atoms with Crippen LogP contribution in [0, 0.1) is 0 Å². The summed E-state index contributed by atoms with van der Waals surface area (Å²) in [6.45, 7) is 0.0958. The topological polar surface area (TPSA) is 83.0 Å². The third-order valence-electron chi connectivity index (χ3n) is 4.92. The minimum absolute atomic E-state index is 0.0958. The zero-order chi connectivity index (χ0) is 22.5. The van der Waals surface area contributed by atoms with Gasteiger partial charge in [0.2, 0.25) is 0 Å². The van der Waals surface area contributed by atoms with Gasteiger partial charge >= 0.3 is 0 Å². The van der Waals surface area contributed by atoms with Crippen LogP contribution in [0.15, 0.2) is 77.9 Å². The molecule has 2 amide bonds. The summed E-state index contributed by atoms with van der Waals surface area (Å²) >= 11 is 5.23. The van der Waals surface area contributed by atoms with E-state index in [2.05, 4.69) is 15.8 Å². The van der Waals surface area contributed by atoms with Crippen molar-refractivity contribution in [2.24, 2.45) is 5.10 Å². The van der Waals surface area contributed by atoms with Crippen LogP contribution >= 0.6 is 12.2 Å². The van der Waals surface area contributed by atoms with Crippen molar-refractivity contribution in [3.8, 4) is 5.75 Å². The van der Waals surface area contributed by atoms with Gasteiger partial charge in [0, 0.05) is 11.3 Å². The molecular formula is C24H20N4O3S. The molecular weight excluding hydrogens is 424 g/mol. The van der Waals surface area contributed by atoms with Crippen LogP contribution in [0.5, 0.6) is 5.75 Å². The van der Waals surface area contributed by atoms with Gasteiger partial charge in [-0.1, -0.05) is 30.3 Å². The average molecular weight is 445 g/mol. The average Bonchev–Trinajstić information content (AvgIpc) is 3.05. The molecule has 1 heterocycles. The van der Waals surface area contributed by atoms with Crippen LogP contribution in [0.1, 0.15) is 31.8 Å². The Morgan fingerprint density at radius 1 is 1.00 bits per heavy atom. The number of hydrogen-bond donors (Lipinski definition) is 2. The Morgan fingerprint density at radius 3 is 2.31 bits per heavy atom. The number of hydrogen-bond acceptors (Lipinski definition) is 5. The third-order valence-corrected chi connectivity index (χ3v) is 5.12. The van der Waals surface area contributed by atoms with Crippen molar-refractivity contribution in [3.63, 3.8) is 0 Å². The van der Waals surface area contributed by atoms with E-state index in [1.807, 2.05) is 42.5 Å². The van der Waals surface area contributed by atoms with Crippen LogP contribution in [0.2, 0.25) is 0 Å². The monoisotopic (exact) mass is 444 g/mol. The lowest BCUT2D eigenvalue weighted by atomic mass is 10.1. The number of fused-ring (bicyclic) bond motifs is 1. The molecule has 0 unspecified atom stereocenters. The molecule has 0 bridgehead atoms. The van der Waals surface area contributed by atoms with Gasteiger partial charge in [-0.2, -0.15) is 5.10 Å². The van der Waals surface area contributed by atoms with Gasteiger partial charge in [-0.3, -0.25) is 19.9 Å². The van der Waals surface area contributed by atoms with Crippen molar-refractivity contribution in [2.45, 2.75) is 6.54 Å². The molecule has 0 atom stereocenters. The predicted octanol–water partition coefficient (Wildman–Crippen LogP) is 3.81. The van der Waals surface area contributed by atoms with E-state index in [1.54, 1.807) is 43.7 Å². The minimum atomic E-state index is -0.314. The summed E-state index contributed by atoms with van der Waals surface area (Å²) in [5.74, 6) is -0.0515. The molecule has 1 aliphatic rings. The zero-order valence-electron chi connectivity index (χ0n) is 17.2. The minimum Gasteiger partial charge on any atom is -0.496 e. The molecule has 4 rings (SSSR count). The summed E-state index contributed by atoms with van der Waals surface area (Å²) in [6, 6.07) is 21.7. The first-order chi connectivity index (χ1) is 15.6. The molecule has 2 N–H and O–H groups in total. The fourth-order valence-corrected chi connectivity index (χ4v) is 3.57. The molecule has 1 aliphatic heterocycles. The number of anilines is 1. The largest absolute Gasteiger partial charge is 0.496 e. The van der Waals surface area contributed by atoms with E-state index in [-0.39, 0.29) is 18.4 Å². The Labute approximate surface area is 190 Å². The Bertz CT molecular complexity index is 1180. The first kappa shape index (κ1) is 21.2. The van der Waals surface area contributed by atoms with Crippen molar-refractivity contribution < 1.29 is 14.3 Å². The lowest BCUT2D eigenvalue weighted by Gasteiger charge is -2.16. The lowest BCUT2D eigenvalue weighted by Crippen LogP contribution is -2.29. The fraction of sp³-hybridized carbons (Fsp3) is 0.0833. The number of ether oxygens (including phenoxy) is 1. The highest BCUT2D eigenvalue weighted by Crippen LogP contribution is 2.27. The number of methoxy groups -OCH3 is 1. The van der Waals surface area contributed by atoms with Crippen molar-refractivity contribution in [3.05, 3.63) is 95.1 Å². The number of carbonyl (C=O) groups excluding carboxylic acids is 2. The summed E-state index contributed by atoms with van der Waals surface area (Å²) in [4.78, 5) is 26.6. The quantitative estimate of drug-likeness (QED) is 0.260. The van der Waals surface area contributed by atoms with Crippen molar-refractivity contribution in [1.29, 1.82) is 0 Å². The number of rotatable bonds is 6. The number of benzene rings is 3. The van der Waals surface area contributed by atoms with Gasteiger partial charge in [0.1, 0.15) is 5.75 Å². The highest BCUT2D eigenvalue weighted by molar-refractivity contribution is 7.80. The highest BCUT2D eigenvalue weighted by Gasteiger charge is 2.35. The maximum Gasteiger partial charge on any atom is 0.261 e. The first-order valence-corrected chi connectivity index (χ1v) is 10.2. The third kappa shape index (κ3) is 4.50. The number of thiocarbonyl (C=S) groups is 1. The molecule has 0 radical (unpaired) electrons. The zero-order valence-corrected chi connectivity index (χ0v) is 18.1. The number of carbonyl (C=O) groups is 2. The van der Waals surface area contributed by atoms with Crippen LogP contribution in [0.3, 0.4) is 0 Å². The van der Waals surface area contributed by atoms with Crippen LogP contribution in [-0.2, 0) is 6.54 Å². The molecule has 160 valence electrons. The van der Waals surface area contributed by atoms with Gasteiger partial charge < -0.3 is 10.1 Å². The van der Waals surface area contributed by atoms with Gasteiger partial charge in [0.15, 0.2) is 5.11 Å². The van der Waals surface area contributed by atoms with Crippen molar-refractivity contribution in [1.82, 2.24) is 10.3 Å². The van der Waals surface area contributed by atoms with E-state index >= 15 is 0 Å². The van der Waals surface area contributed by atoms with E-state index in [1.165, 1.54) is 4.90 Å². The van der Waals surface area contributed by atoms with E-state index in [0.717, 1.165) is 11.3 Å². The maximum atomic E-state index is 12.7. The SMILES string of the molecule is COc1ccc(/C=N/NC(=S)Nc2ccccc2)cc1CN1C(=O)c2ccccc2C1=O. The maximum absolute atomic E-state index is 12.7. The molecule has 0 spiro atoms. The summed E-state index contributed by atoms with van der Waals surface area (Å²) in [5.41, 5.74) is 5.90. The van der Waals surface area contributed by atoms with Crippen LogP contribution in [0.25, 0.3) is 0 Å². The predicted molar refractivity (Wildman–Crippen MR) is 127 cm³/mol. The molecule has 3 aromatic carbocycles. The van der Waals surface area contributed by atoms with Crippen molar-refractivity contribution >= 4 is 41.0 Å². The molecule has 32 heavy (non-hydrogen) atoms. The van der Waals surface area contributed by atoms with E-state index < -0.39 is 0 Å². The number of nitrogens with zero attached hydrogens (tertiary/aromatic N) is 2. The van der Waals surface area contributed by atoms with Gasteiger partial charge in [0.25, 0.3) is 11.8 Å². The Morgan fingerprint density at radius 2 is 1.66 bits per heavy atom. The number of nitrogens with one attached hydrogen (secondary N) is 2. The van der Waals surface area contributed by atoms with E-state index in [0.29, 0.717) is 27.6 Å². The van der Waals surface area contributed by atoms with Gasteiger partial charge in [-0.25, -0.2) is 0 Å². The summed E-state index contributed by atoms with van der Waals surface area (Å²) in [6.07, 6.45) is 1.60. The van der Waals surface area contributed by atoms with E-state index in [4.69, 9.17) is 17.0 Å². The highest BCUT2D eigenvalue weighted by atomic mass is 32.1. The lowest BCUT2D eigenvalue weighted by molar-refractivity contribution is 0.0641. The van der Waals surface area contributed by atoms with Crippen molar-refractivity contribution in [2.75, 3.05) is 12.4 Å². The van der Waals surface area contributed by atoms with E-state index in [9.17, 15) is 9.59 Å². The number of amides is 2. The molecule has 0 aliphatic carbocycles. The molecule has 0 saturated heterocycles. The second-order valence-corrected chi connectivity index (χ2v) is 7.41. The molecule has 0 saturated carbocycles. The van der Waals surface area contributed by atoms with Gasteiger partial charge in [-0.15, -0.1) is 0 Å². The number of hydrazone groups is 1. The fourth-order valence-electron chi connectivity index (χ4n) is 3.40. The van der Waals surface area contributed by atoms with Crippen LogP contribution in [-0.4, -0.2) is 35.2 Å². The summed E-state index contributed by atoms with van der Waals surface area (Å²) < 4.78 is 5.43. The second-order valence-electron chi connectivity index (χ2n) is 7.00.